The summed E-state index contributed by atoms with van der Waals surface area (Å²) in [7, 11) is 0. The molecule has 0 radical (unpaired) electrons. The Bertz CT molecular complexity index is 445. The number of rotatable bonds is 2. The second-order valence-electron chi connectivity index (χ2n) is 2.95. The summed E-state index contributed by atoms with van der Waals surface area (Å²) in [5.41, 5.74) is 0. The van der Waals surface area contributed by atoms with Crippen molar-refractivity contribution in [3.05, 3.63) is 60.7 Å². The number of para-hydroxylation sites is 2. The van der Waals surface area contributed by atoms with Crippen molar-refractivity contribution in [2.24, 2.45) is 0 Å². The van der Waals surface area contributed by atoms with Crippen molar-refractivity contribution < 1.29 is 18.1 Å². The van der Waals surface area contributed by atoms with Gasteiger partial charge in [-0.15, -0.1) is 0 Å². The molecule has 0 saturated carbocycles. The molecule has 4 nitrogen and oxygen atoms in total. The van der Waals surface area contributed by atoms with E-state index in [0.717, 1.165) is 0 Å². The molecule has 0 aliphatic carbocycles. The molecule has 2 rings (SSSR count). The van der Waals surface area contributed by atoms with Gasteiger partial charge in [0.05, 0.1) is 0 Å². The lowest BCUT2D eigenvalue weighted by molar-refractivity contribution is 0.458. The summed E-state index contributed by atoms with van der Waals surface area (Å²) < 4.78 is 22.8. The number of phenols is 1. The Labute approximate surface area is 102 Å². The van der Waals surface area contributed by atoms with Crippen LogP contribution in [-0.2, 0) is 11.4 Å². The number of hydrogen-bond acceptors (Lipinski definition) is 3. The smallest absolute Gasteiger partial charge is 0.357 e. The van der Waals surface area contributed by atoms with Crippen LogP contribution in [0.4, 0.5) is 0 Å². The van der Waals surface area contributed by atoms with Gasteiger partial charge in [-0.2, -0.15) is 4.21 Å². The van der Waals surface area contributed by atoms with Crippen molar-refractivity contribution in [1.82, 2.24) is 0 Å². The molecule has 0 aliphatic rings. The minimum atomic E-state index is -2.22. The molecule has 0 heterocycles. The van der Waals surface area contributed by atoms with E-state index in [1.165, 1.54) is 0 Å². The lowest BCUT2D eigenvalue weighted by Gasteiger charge is -1.96. The highest BCUT2D eigenvalue weighted by Gasteiger charge is 1.93. The highest BCUT2D eigenvalue weighted by Crippen LogP contribution is 2.08. The summed E-state index contributed by atoms with van der Waals surface area (Å²) in [5, 5.41) is 8.63. The van der Waals surface area contributed by atoms with Gasteiger partial charge in [0.1, 0.15) is 11.5 Å². The van der Waals surface area contributed by atoms with Gasteiger partial charge < -0.3 is 9.29 Å². The van der Waals surface area contributed by atoms with Gasteiger partial charge in [-0.25, -0.2) is 0 Å². The molecule has 0 aromatic heterocycles. The second-order valence-corrected chi connectivity index (χ2v) is 3.55. The average Bonchev–Trinajstić information content (AvgIpc) is 2.31. The molecule has 2 N–H and O–H groups in total. The predicted octanol–water partition coefficient (Wildman–Crippen LogP) is 2.59. The maximum Gasteiger partial charge on any atom is 0.357 e. The van der Waals surface area contributed by atoms with Gasteiger partial charge in [0.25, 0.3) is 0 Å². The summed E-state index contributed by atoms with van der Waals surface area (Å²) in [5.74, 6) is 0.714. The molecular weight excluding hydrogens is 240 g/mol. The van der Waals surface area contributed by atoms with Gasteiger partial charge in [-0.05, 0) is 24.3 Å². The zero-order valence-corrected chi connectivity index (χ0v) is 9.71. The van der Waals surface area contributed by atoms with Crippen LogP contribution in [0.1, 0.15) is 0 Å². The fourth-order valence-electron chi connectivity index (χ4n) is 0.986. The van der Waals surface area contributed by atoms with Crippen molar-refractivity contribution in [3.63, 3.8) is 0 Å². The van der Waals surface area contributed by atoms with E-state index in [2.05, 4.69) is 4.18 Å². The summed E-state index contributed by atoms with van der Waals surface area (Å²) in [6.07, 6.45) is 0. The molecule has 0 amide bonds. The molecule has 5 heteroatoms. The van der Waals surface area contributed by atoms with E-state index < -0.39 is 11.4 Å². The first-order valence-corrected chi connectivity index (χ1v) is 5.80. The van der Waals surface area contributed by atoms with Crippen molar-refractivity contribution >= 4 is 11.4 Å². The molecule has 0 bridgehead atoms. The van der Waals surface area contributed by atoms with Crippen LogP contribution in [0.2, 0.25) is 0 Å². The molecule has 90 valence electrons. The highest BCUT2D eigenvalue weighted by atomic mass is 32.2. The standard InChI is InChI=1S/C6H6O3S.C6H6O/c7-10(8)9-6-4-2-1-3-5-6;7-6-4-2-1-3-5-6/h1-5H,(H,7,8);1-5,7H. The number of benzene rings is 2. The molecular formula is C12H12O4S. The zero-order valence-electron chi connectivity index (χ0n) is 8.89. The molecule has 0 fully saturated rings. The van der Waals surface area contributed by atoms with Crippen molar-refractivity contribution in [2.45, 2.75) is 0 Å². The topological polar surface area (TPSA) is 66.8 Å². The number of aromatic hydroxyl groups is 1. The SMILES string of the molecule is O=S(O)Oc1ccccc1.Oc1ccccc1. The Morgan fingerprint density at radius 1 is 0.882 bits per heavy atom. The Kier molecular flexibility index (Phi) is 5.77. The molecule has 2 aromatic rings. The average molecular weight is 252 g/mol. The molecule has 17 heavy (non-hydrogen) atoms. The Morgan fingerprint density at radius 2 is 1.35 bits per heavy atom. The van der Waals surface area contributed by atoms with E-state index in [1.807, 2.05) is 6.07 Å². The van der Waals surface area contributed by atoms with Crippen LogP contribution in [0.25, 0.3) is 0 Å². The lowest BCUT2D eigenvalue weighted by atomic mass is 10.3. The third kappa shape index (κ3) is 6.34. The van der Waals surface area contributed by atoms with E-state index in [0.29, 0.717) is 11.5 Å². The van der Waals surface area contributed by atoms with Gasteiger partial charge in [-0.3, -0.25) is 4.55 Å². The first-order chi connectivity index (χ1) is 8.18. The zero-order chi connectivity index (χ0) is 12.5. The molecule has 0 saturated heterocycles. The van der Waals surface area contributed by atoms with Crippen molar-refractivity contribution in [3.8, 4) is 11.5 Å². The third-order valence-electron chi connectivity index (χ3n) is 1.67. The Balaban J connectivity index is 0.000000181. The Hall–Kier alpha value is -1.85. The second kappa shape index (κ2) is 7.43. The van der Waals surface area contributed by atoms with E-state index in [4.69, 9.17) is 9.66 Å². The lowest BCUT2D eigenvalue weighted by Crippen LogP contribution is -1.96. The van der Waals surface area contributed by atoms with Crippen LogP contribution in [0.5, 0.6) is 11.5 Å². The summed E-state index contributed by atoms with van der Waals surface area (Å²) in [6, 6.07) is 17.2. The van der Waals surface area contributed by atoms with Crippen LogP contribution in [0, 0.1) is 0 Å². The molecule has 0 spiro atoms. The quantitative estimate of drug-likeness (QED) is 0.806. The molecule has 1 atom stereocenters. The van der Waals surface area contributed by atoms with Gasteiger partial charge in [0.15, 0.2) is 0 Å². The molecule has 0 aliphatic heterocycles. The van der Waals surface area contributed by atoms with E-state index in [9.17, 15) is 4.21 Å². The first-order valence-electron chi connectivity index (χ1n) is 4.77. The first kappa shape index (κ1) is 13.2. The fourth-order valence-corrected chi connectivity index (χ4v) is 1.26. The largest absolute Gasteiger partial charge is 0.508 e. The van der Waals surface area contributed by atoms with Crippen LogP contribution >= 0.6 is 0 Å². The van der Waals surface area contributed by atoms with Crippen LogP contribution in [0.3, 0.4) is 0 Å². The molecule has 2 aromatic carbocycles. The van der Waals surface area contributed by atoms with Gasteiger partial charge in [-0.1, -0.05) is 36.4 Å². The van der Waals surface area contributed by atoms with Crippen LogP contribution in [-0.4, -0.2) is 13.9 Å². The Morgan fingerprint density at radius 3 is 1.71 bits per heavy atom. The van der Waals surface area contributed by atoms with Gasteiger partial charge in [0, 0.05) is 0 Å². The highest BCUT2D eigenvalue weighted by molar-refractivity contribution is 7.74. The van der Waals surface area contributed by atoms with E-state index >= 15 is 0 Å². The summed E-state index contributed by atoms with van der Waals surface area (Å²) in [4.78, 5) is 0. The number of hydrogen-bond donors (Lipinski definition) is 2. The fraction of sp³-hybridized carbons (Fsp3) is 0. The van der Waals surface area contributed by atoms with Crippen LogP contribution < -0.4 is 4.18 Å². The van der Waals surface area contributed by atoms with Crippen molar-refractivity contribution in [2.75, 3.05) is 0 Å². The normalized spacial score (nSPS) is 10.9. The molecule has 1 unspecified atom stereocenters. The monoisotopic (exact) mass is 252 g/mol. The maximum atomic E-state index is 10.1. The van der Waals surface area contributed by atoms with E-state index in [-0.39, 0.29) is 0 Å². The minimum absolute atomic E-state index is 0.322. The maximum absolute atomic E-state index is 10.1. The minimum Gasteiger partial charge on any atom is -0.508 e. The summed E-state index contributed by atoms with van der Waals surface area (Å²) in [6.45, 7) is 0. The van der Waals surface area contributed by atoms with Gasteiger partial charge >= 0.3 is 11.4 Å². The predicted molar refractivity (Wildman–Crippen MR) is 65.9 cm³/mol. The van der Waals surface area contributed by atoms with Crippen molar-refractivity contribution in [1.29, 1.82) is 0 Å². The van der Waals surface area contributed by atoms with Crippen LogP contribution in [0.15, 0.2) is 60.7 Å². The summed E-state index contributed by atoms with van der Waals surface area (Å²) >= 11 is -2.22. The number of phenolic OH excluding ortho intramolecular Hbond substituents is 1. The van der Waals surface area contributed by atoms with E-state index in [1.54, 1.807) is 54.6 Å². The third-order valence-corrected chi connectivity index (χ3v) is 2.00. The van der Waals surface area contributed by atoms with Gasteiger partial charge in [0.2, 0.25) is 0 Å².